The van der Waals surface area contributed by atoms with Crippen LogP contribution in [-0.2, 0) is 0 Å². The van der Waals surface area contributed by atoms with Gasteiger partial charge in [-0.1, -0.05) is 71.7 Å². The van der Waals surface area contributed by atoms with Gasteiger partial charge in [-0.25, -0.2) is 0 Å². The van der Waals surface area contributed by atoms with Crippen LogP contribution < -0.4 is 5.73 Å². The Labute approximate surface area is 134 Å². The highest BCUT2D eigenvalue weighted by atomic mass is 79.9. The number of hydrogen-bond acceptors (Lipinski definition) is 1. The van der Waals surface area contributed by atoms with Crippen molar-refractivity contribution >= 4 is 27.5 Å². The molecule has 2 N–H and O–H groups in total. The monoisotopic (exact) mass is 351 g/mol. The predicted octanol–water partition coefficient (Wildman–Crippen LogP) is 5.66. The summed E-state index contributed by atoms with van der Waals surface area (Å²) < 4.78 is 0.963. The van der Waals surface area contributed by atoms with Crippen LogP contribution in [-0.4, -0.2) is 0 Å². The maximum Gasteiger partial charge on any atom is 0.0566 e. The largest absolute Gasteiger partial charge is 0.320 e. The van der Waals surface area contributed by atoms with Gasteiger partial charge in [0.1, 0.15) is 0 Å². The number of halogens is 2. The fraction of sp³-hybridized carbons (Fsp3) is 0.294. The number of nitrogens with two attached hydrogens (primary N) is 1. The fourth-order valence-electron chi connectivity index (χ4n) is 2.20. The van der Waals surface area contributed by atoms with Crippen LogP contribution in [0.5, 0.6) is 0 Å². The molecule has 20 heavy (non-hydrogen) atoms. The predicted molar refractivity (Wildman–Crippen MR) is 90.3 cm³/mol. The molecule has 2 unspecified atom stereocenters. The van der Waals surface area contributed by atoms with Crippen molar-refractivity contribution in [1.82, 2.24) is 0 Å². The average Bonchev–Trinajstić information content (AvgIpc) is 2.46. The van der Waals surface area contributed by atoms with E-state index in [1.165, 1.54) is 5.56 Å². The Morgan fingerprint density at radius 1 is 1.10 bits per heavy atom. The summed E-state index contributed by atoms with van der Waals surface area (Å²) in [6, 6.07) is 14.2. The minimum atomic E-state index is -0.193. The van der Waals surface area contributed by atoms with Crippen molar-refractivity contribution < 1.29 is 0 Å². The second kappa shape index (κ2) is 6.75. The maximum atomic E-state index is 6.33. The lowest BCUT2D eigenvalue weighted by Crippen LogP contribution is -2.12. The first-order valence-electron chi connectivity index (χ1n) is 6.83. The highest BCUT2D eigenvalue weighted by Crippen LogP contribution is 2.30. The Morgan fingerprint density at radius 2 is 1.70 bits per heavy atom. The first-order valence-corrected chi connectivity index (χ1v) is 8.00. The Hall–Kier alpha value is -0.830. The average molecular weight is 353 g/mol. The van der Waals surface area contributed by atoms with Gasteiger partial charge in [-0.05, 0) is 41.2 Å². The van der Waals surface area contributed by atoms with Crippen LogP contribution in [0.4, 0.5) is 0 Å². The summed E-state index contributed by atoms with van der Waals surface area (Å²) in [5.41, 5.74) is 9.71. The molecule has 0 aliphatic heterocycles. The summed E-state index contributed by atoms with van der Waals surface area (Å²) in [7, 11) is 0. The van der Waals surface area contributed by atoms with Gasteiger partial charge in [0.15, 0.2) is 0 Å². The van der Waals surface area contributed by atoms with Crippen LogP contribution in [0.2, 0.25) is 5.02 Å². The van der Waals surface area contributed by atoms with E-state index in [9.17, 15) is 0 Å². The summed E-state index contributed by atoms with van der Waals surface area (Å²) in [4.78, 5) is 0. The summed E-state index contributed by atoms with van der Waals surface area (Å²) in [6.45, 7) is 4.44. The zero-order valence-electron chi connectivity index (χ0n) is 11.7. The molecule has 1 nitrogen and oxygen atoms in total. The third kappa shape index (κ3) is 3.43. The molecule has 0 heterocycles. The summed E-state index contributed by atoms with van der Waals surface area (Å²) in [5.74, 6) is 0.580. The summed E-state index contributed by atoms with van der Waals surface area (Å²) in [5, 5.41) is 0.692. The van der Waals surface area contributed by atoms with E-state index in [1.54, 1.807) is 0 Å². The molecule has 2 rings (SSSR count). The molecule has 0 spiro atoms. The molecule has 2 aromatic rings. The van der Waals surface area contributed by atoms with Gasteiger partial charge in [-0.15, -0.1) is 0 Å². The van der Waals surface area contributed by atoms with Crippen molar-refractivity contribution in [3.05, 3.63) is 68.7 Å². The van der Waals surface area contributed by atoms with Gasteiger partial charge >= 0.3 is 0 Å². The lowest BCUT2D eigenvalue weighted by Gasteiger charge is -2.16. The first kappa shape index (κ1) is 15.6. The van der Waals surface area contributed by atoms with Crippen LogP contribution in [0.25, 0.3) is 0 Å². The lowest BCUT2D eigenvalue weighted by atomic mass is 9.94. The topological polar surface area (TPSA) is 26.0 Å². The van der Waals surface area contributed by atoms with E-state index in [4.69, 9.17) is 17.3 Å². The van der Waals surface area contributed by atoms with Crippen LogP contribution in [0.3, 0.4) is 0 Å². The van der Waals surface area contributed by atoms with Gasteiger partial charge in [-0.3, -0.25) is 0 Å². The quantitative estimate of drug-likeness (QED) is 0.754. The number of benzene rings is 2. The highest BCUT2D eigenvalue weighted by molar-refractivity contribution is 9.10. The van der Waals surface area contributed by atoms with E-state index in [-0.39, 0.29) is 6.04 Å². The lowest BCUT2D eigenvalue weighted by molar-refractivity contribution is 0.732. The molecule has 0 saturated carbocycles. The molecule has 0 radical (unpaired) electrons. The summed E-state index contributed by atoms with van der Waals surface area (Å²) in [6.07, 6.45) is 1.14. The molecule has 0 aromatic heterocycles. The molecule has 0 fully saturated rings. The van der Waals surface area contributed by atoms with Gasteiger partial charge in [0.25, 0.3) is 0 Å². The zero-order chi connectivity index (χ0) is 14.7. The summed E-state index contributed by atoms with van der Waals surface area (Å²) >= 11 is 9.68. The van der Waals surface area contributed by atoms with Crippen molar-refractivity contribution in [2.24, 2.45) is 5.73 Å². The van der Waals surface area contributed by atoms with E-state index in [2.05, 4.69) is 54.0 Å². The molecule has 0 saturated heterocycles. The van der Waals surface area contributed by atoms with Gasteiger partial charge in [0, 0.05) is 9.50 Å². The fourth-order valence-corrected chi connectivity index (χ4v) is 2.99. The second-order valence-electron chi connectivity index (χ2n) is 5.12. The van der Waals surface area contributed by atoms with E-state index in [0.717, 1.165) is 22.0 Å². The van der Waals surface area contributed by atoms with Gasteiger partial charge in [-0.2, -0.15) is 0 Å². The minimum absolute atomic E-state index is 0.193. The molecule has 0 aliphatic rings. The molecule has 106 valence electrons. The normalized spacial score (nSPS) is 14.1. The van der Waals surface area contributed by atoms with E-state index in [0.29, 0.717) is 10.9 Å². The van der Waals surface area contributed by atoms with Gasteiger partial charge in [0.05, 0.1) is 6.04 Å². The number of hydrogen-bond donors (Lipinski definition) is 1. The van der Waals surface area contributed by atoms with Crippen LogP contribution in [0.15, 0.2) is 46.9 Å². The SMILES string of the molecule is CCC(C)c1ccc(C(N)c2ccc(Br)cc2Cl)cc1. The van der Waals surface area contributed by atoms with Crippen molar-refractivity contribution in [2.75, 3.05) is 0 Å². The van der Waals surface area contributed by atoms with Gasteiger partial charge < -0.3 is 5.73 Å². The van der Waals surface area contributed by atoms with Crippen molar-refractivity contribution in [1.29, 1.82) is 0 Å². The molecular formula is C17H19BrClN. The molecular weight excluding hydrogens is 334 g/mol. The van der Waals surface area contributed by atoms with E-state index < -0.39 is 0 Å². The number of rotatable bonds is 4. The Morgan fingerprint density at radius 3 is 2.25 bits per heavy atom. The zero-order valence-corrected chi connectivity index (χ0v) is 14.1. The van der Waals surface area contributed by atoms with Gasteiger partial charge in [0.2, 0.25) is 0 Å². The van der Waals surface area contributed by atoms with E-state index in [1.807, 2.05) is 18.2 Å². The van der Waals surface area contributed by atoms with Crippen molar-refractivity contribution in [2.45, 2.75) is 32.2 Å². The van der Waals surface area contributed by atoms with Crippen LogP contribution >= 0.6 is 27.5 Å². The molecule has 2 aromatic carbocycles. The second-order valence-corrected chi connectivity index (χ2v) is 6.44. The Balaban J connectivity index is 2.26. The molecule has 0 amide bonds. The third-order valence-corrected chi connectivity index (χ3v) is 4.60. The third-order valence-electron chi connectivity index (χ3n) is 3.77. The smallest absolute Gasteiger partial charge is 0.0566 e. The van der Waals surface area contributed by atoms with Crippen molar-refractivity contribution in [3.8, 4) is 0 Å². The minimum Gasteiger partial charge on any atom is -0.320 e. The van der Waals surface area contributed by atoms with E-state index >= 15 is 0 Å². The van der Waals surface area contributed by atoms with Crippen LogP contribution in [0.1, 0.15) is 48.9 Å². The van der Waals surface area contributed by atoms with Crippen molar-refractivity contribution in [3.63, 3.8) is 0 Å². The highest BCUT2D eigenvalue weighted by Gasteiger charge is 2.13. The first-order chi connectivity index (χ1) is 9.52. The molecule has 3 heteroatoms. The molecule has 2 atom stereocenters. The Bertz CT molecular complexity index is 580. The molecule has 0 bridgehead atoms. The molecule has 0 aliphatic carbocycles. The standard InChI is InChI=1S/C17H19BrClN/c1-3-11(2)12-4-6-13(7-5-12)17(20)15-9-8-14(18)10-16(15)19/h4-11,17H,3,20H2,1-2H3. The van der Waals surface area contributed by atoms with Crippen LogP contribution in [0, 0.1) is 0 Å². The maximum absolute atomic E-state index is 6.33. The Kier molecular flexibility index (Phi) is 5.25.